The Bertz CT molecular complexity index is 798. The van der Waals surface area contributed by atoms with Crippen molar-refractivity contribution in [3.05, 3.63) is 52.5 Å². The first kappa shape index (κ1) is 16.9. The van der Waals surface area contributed by atoms with Crippen LogP contribution in [0.4, 0.5) is 0 Å². The largest absolute Gasteiger partial charge is 0.337 e. The summed E-state index contributed by atoms with van der Waals surface area (Å²) in [5.74, 6) is -0.0668. The molecule has 26 heavy (non-hydrogen) atoms. The second-order valence-corrected chi connectivity index (χ2v) is 7.30. The van der Waals surface area contributed by atoms with Crippen LogP contribution in [0.3, 0.4) is 0 Å². The molecule has 2 aliphatic rings. The molecule has 0 saturated carbocycles. The number of thiazole rings is 1. The van der Waals surface area contributed by atoms with Gasteiger partial charge in [0.05, 0.1) is 11.6 Å². The Balaban J connectivity index is 1.39. The van der Waals surface area contributed by atoms with Gasteiger partial charge in [0, 0.05) is 37.0 Å². The van der Waals surface area contributed by atoms with E-state index >= 15 is 0 Å². The first-order valence-corrected chi connectivity index (χ1v) is 9.76. The average molecular weight is 368 g/mol. The third-order valence-corrected chi connectivity index (χ3v) is 5.61. The molecule has 4 rings (SSSR count). The van der Waals surface area contributed by atoms with Gasteiger partial charge in [-0.05, 0) is 18.4 Å². The van der Waals surface area contributed by atoms with Gasteiger partial charge in [-0.2, -0.15) is 5.10 Å². The SMILES string of the molecule is O=C(c1cscn1)N1CCC(C(=O)N2N=CC[C@H]2c2ccccc2)CC1. The van der Waals surface area contributed by atoms with Crippen LogP contribution in [-0.2, 0) is 4.79 Å². The number of rotatable bonds is 3. The number of likely N-dealkylation sites (tertiary alicyclic amines) is 1. The maximum Gasteiger partial charge on any atom is 0.273 e. The highest BCUT2D eigenvalue weighted by atomic mass is 32.1. The van der Waals surface area contributed by atoms with Crippen LogP contribution in [0.2, 0.25) is 0 Å². The number of hydrogen-bond donors (Lipinski definition) is 0. The lowest BCUT2D eigenvalue weighted by Gasteiger charge is -2.33. The van der Waals surface area contributed by atoms with Crippen molar-refractivity contribution in [2.75, 3.05) is 13.1 Å². The van der Waals surface area contributed by atoms with Crippen LogP contribution in [0.5, 0.6) is 0 Å². The molecule has 1 atom stereocenters. The van der Waals surface area contributed by atoms with Crippen LogP contribution >= 0.6 is 11.3 Å². The normalized spacial score (nSPS) is 20.5. The molecule has 3 heterocycles. The van der Waals surface area contributed by atoms with Gasteiger partial charge in [-0.1, -0.05) is 30.3 Å². The minimum Gasteiger partial charge on any atom is -0.337 e. The lowest BCUT2D eigenvalue weighted by atomic mass is 9.94. The van der Waals surface area contributed by atoms with Crippen LogP contribution in [0.25, 0.3) is 0 Å². The molecule has 0 unspecified atom stereocenters. The summed E-state index contributed by atoms with van der Waals surface area (Å²) in [6.45, 7) is 1.17. The number of amides is 2. The van der Waals surface area contributed by atoms with E-state index in [0.717, 1.165) is 12.0 Å². The van der Waals surface area contributed by atoms with E-state index in [2.05, 4.69) is 10.1 Å². The van der Waals surface area contributed by atoms with Crippen LogP contribution in [-0.4, -0.2) is 46.0 Å². The Morgan fingerprint density at radius 3 is 2.58 bits per heavy atom. The predicted molar refractivity (Wildman–Crippen MR) is 99.9 cm³/mol. The number of benzene rings is 1. The lowest BCUT2D eigenvalue weighted by molar-refractivity contribution is -0.138. The molecule has 7 heteroatoms. The Morgan fingerprint density at radius 2 is 1.88 bits per heavy atom. The second kappa shape index (κ2) is 7.37. The van der Waals surface area contributed by atoms with Crippen LogP contribution in [0.1, 0.15) is 41.4 Å². The highest BCUT2D eigenvalue weighted by molar-refractivity contribution is 7.07. The van der Waals surface area contributed by atoms with Crippen molar-refractivity contribution in [3.8, 4) is 0 Å². The van der Waals surface area contributed by atoms with E-state index in [1.54, 1.807) is 20.8 Å². The fraction of sp³-hybridized carbons (Fsp3) is 0.368. The first-order valence-electron chi connectivity index (χ1n) is 8.82. The fourth-order valence-electron chi connectivity index (χ4n) is 3.57. The third kappa shape index (κ3) is 3.26. The van der Waals surface area contributed by atoms with Crippen molar-refractivity contribution >= 4 is 29.4 Å². The molecule has 0 spiro atoms. The van der Waals surface area contributed by atoms with Gasteiger partial charge in [0.25, 0.3) is 5.91 Å². The van der Waals surface area contributed by atoms with E-state index in [9.17, 15) is 9.59 Å². The average Bonchev–Trinajstić information content (AvgIpc) is 3.39. The van der Waals surface area contributed by atoms with Crippen molar-refractivity contribution < 1.29 is 9.59 Å². The Labute approximate surface area is 156 Å². The van der Waals surface area contributed by atoms with E-state index in [4.69, 9.17) is 0 Å². The molecule has 0 radical (unpaired) electrons. The maximum absolute atomic E-state index is 13.0. The van der Waals surface area contributed by atoms with Gasteiger partial charge in [-0.15, -0.1) is 11.3 Å². The summed E-state index contributed by atoms with van der Waals surface area (Å²) in [4.78, 5) is 31.2. The molecular formula is C19H20N4O2S. The zero-order valence-corrected chi connectivity index (χ0v) is 15.1. The molecule has 1 fully saturated rings. The van der Waals surface area contributed by atoms with Crippen LogP contribution < -0.4 is 0 Å². The Kier molecular flexibility index (Phi) is 4.79. The maximum atomic E-state index is 13.0. The summed E-state index contributed by atoms with van der Waals surface area (Å²) >= 11 is 1.42. The van der Waals surface area contributed by atoms with Crippen molar-refractivity contribution in [2.45, 2.75) is 25.3 Å². The Hall–Kier alpha value is -2.54. The summed E-state index contributed by atoms with van der Waals surface area (Å²) in [6, 6.07) is 10.0. The van der Waals surface area contributed by atoms with Gasteiger partial charge in [0.1, 0.15) is 5.69 Å². The quantitative estimate of drug-likeness (QED) is 0.837. The minimum absolute atomic E-state index is 0.0154. The van der Waals surface area contributed by atoms with Crippen LogP contribution in [0, 0.1) is 5.92 Å². The summed E-state index contributed by atoms with van der Waals surface area (Å²) in [6.07, 6.45) is 3.90. The van der Waals surface area contributed by atoms with Crippen LogP contribution in [0.15, 0.2) is 46.3 Å². The number of nitrogens with zero attached hydrogens (tertiary/aromatic N) is 4. The molecular weight excluding hydrogens is 348 g/mol. The summed E-state index contributed by atoms with van der Waals surface area (Å²) in [5.41, 5.74) is 3.26. The number of carbonyl (C=O) groups is 2. The summed E-state index contributed by atoms with van der Waals surface area (Å²) in [7, 11) is 0. The van der Waals surface area contributed by atoms with Gasteiger partial charge in [-0.3, -0.25) is 9.59 Å². The summed E-state index contributed by atoms with van der Waals surface area (Å²) < 4.78 is 0. The van der Waals surface area contributed by atoms with Gasteiger partial charge >= 0.3 is 0 Å². The fourth-order valence-corrected chi connectivity index (χ4v) is 4.10. The number of hydrazone groups is 1. The first-order chi connectivity index (χ1) is 12.7. The molecule has 0 aliphatic carbocycles. The van der Waals surface area contributed by atoms with Crippen molar-refractivity contribution in [2.24, 2.45) is 11.0 Å². The highest BCUT2D eigenvalue weighted by Gasteiger charge is 2.35. The number of carbonyl (C=O) groups excluding carboxylic acids is 2. The molecule has 6 nitrogen and oxygen atoms in total. The third-order valence-electron chi connectivity index (χ3n) is 5.02. The standard InChI is InChI=1S/C19H20N4O2S/c24-18(23-17(6-9-21-23)14-4-2-1-3-5-14)15-7-10-22(11-8-15)19(25)16-12-26-13-20-16/h1-5,9,12-13,15,17H,6-8,10-11H2/t17-/m0/s1. The smallest absolute Gasteiger partial charge is 0.273 e. The highest BCUT2D eigenvalue weighted by Crippen LogP contribution is 2.31. The molecule has 1 aromatic carbocycles. The lowest BCUT2D eigenvalue weighted by Crippen LogP contribution is -2.43. The molecule has 2 aromatic rings. The van der Waals surface area contributed by atoms with Gasteiger partial charge < -0.3 is 4.90 Å². The number of hydrogen-bond acceptors (Lipinski definition) is 5. The molecule has 0 bridgehead atoms. The molecule has 0 N–H and O–H groups in total. The molecule has 1 saturated heterocycles. The molecule has 2 amide bonds. The minimum atomic E-state index is -0.0871. The zero-order valence-electron chi connectivity index (χ0n) is 14.3. The molecule has 2 aliphatic heterocycles. The molecule has 134 valence electrons. The summed E-state index contributed by atoms with van der Waals surface area (Å²) in [5, 5.41) is 7.74. The second-order valence-electron chi connectivity index (χ2n) is 6.58. The van der Waals surface area contributed by atoms with E-state index in [0.29, 0.717) is 31.6 Å². The van der Waals surface area contributed by atoms with Crippen molar-refractivity contribution in [1.29, 1.82) is 0 Å². The number of aromatic nitrogens is 1. The monoisotopic (exact) mass is 368 g/mol. The molecule has 1 aromatic heterocycles. The van der Waals surface area contributed by atoms with E-state index in [1.807, 2.05) is 36.5 Å². The van der Waals surface area contributed by atoms with E-state index in [-0.39, 0.29) is 23.8 Å². The van der Waals surface area contributed by atoms with Gasteiger partial charge in [0.2, 0.25) is 5.91 Å². The topological polar surface area (TPSA) is 65.9 Å². The van der Waals surface area contributed by atoms with Gasteiger partial charge in [-0.25, -0.2) is 9.99 Å². The van der Waals surface area contributed by atoms with Crippen molar-refractivity contribution in [1.82, 2.24) is 14.9 Å². The predicted octanol–water partition coefficient (Wildman–Crippen LogP) is 2.95. The van der Waals surface area contributed by atoms with Crippen molar-refractivity contribution in [3.63, 3.8) is 0 Å². The van der Waals surface area contributed by atoms with E-state index < -0.39 is 0 Å². The Morgan fingerprint density at radius 1 is 1.12 bits per heavy atom. The van der Waals surface area contributed by atoms with Gasteiger partial charge in [0.15, 0.2) is 0 Å². The number of piperidine rings is 1. The zero-order chi connectivity index (χ0) is 17.9. The van der Waals surface area contributed by atoms with E-state index in [1.165, 1.54) is 11.3 Å².